The predicted molar refractivity (Wildman–Crippen MR) is 85.6 cm³/mol. The van der Waals surface area contributed by atoms with Crippen LogP contribution in [0.15, 0.2) is 34.8 Å². The molecule has 0 atom stereocenters. The highest BCUT2D eigenvalue weighted by atomic mass is 79.9. The number of esters is 1. The number of halogens is 1. The summed E-state index contributed by atoms with van der Waals surface area (Å²) in [4.78, 5) is 11.8. The molecule has 0 aliphatic heterocycles. The zero-order chi connectivity index (χ0) is 15.6. The van der Waals surface area contributed by atoms with Crippen molar-refractivity contribution in [3.05, 3.63) is 34.8 Å². The monoisotopic (exact) mass is 351 g/mol. The molecule has 0 amide bonds. The van der Waals surface area contributed by atoms with Crippen molar-refractivity contribution in [1.29, 1.82) is 0 Å². The van der Waals surface area contributed by atoms with E-state index in [2.05, 4.69) is 21.0 Å². The van der Waals surface area contributed by atoms with E-state index in [1.54, 1.807) is 6.07 Å². The Balaban J connectivity index is 2.18. The number of nitrogen functional groups attached to an aromatic ring is 1. The van der Waals surface area contributed by atoms with Gasteiger partial charge in [0.05, 0.1) is 5.69 Å². The second kappa shape index (κ2) is 5.89. The molecule has 0 unspecified atom stereocenters. The number of aromatic nitrogens is 2. The minimum atomic E-state index is -0.522. The van der Waals surface area contributed by atoms with Crippen molar-refractivity contribution in [3.63, 3.8) is 0 Å². The number of anilines is 1. The normalized spacial score (nSPS) is 11.4. The van der Waals surface area contributed by atoms with Gasteiger partial charge in [0, 0.05) is 16.1 Å². The van der Waals surface area contributed by atoms with E-state index in [0.29, 0.717) is 5.82 Å². The van der Waals surface area contributed by atoms with E-state index >= 15 is 0 Å². The smallest absolute Gasteiger partial charge is 0.328 e. The van der Waals surface area contributed by atoms with Gasteiger partial charge in [-0.2, -0.15) is 5.10 Å². The number of benzene rings is 1. The maximum Gasteiger partial charge on any atom is 0.328 e. The van der Waals surface area contributed by atoms with Gasteiger partial charge in [-0.15, -0.1) is 0 Å². The lowest BCUT2D eigenvalue weighted by molar-refractivity contribution is -0.155. The Hall–Kier alpha value is -1.82. The molecule has 1 heterocycles. The highest BCUT2D eigenvalue weighted by molar-refractivity contribution is 9.10. The fourth-order valence-corrected chi connectivity index (χ4v) is 2.24. The van der Waals surface area contributed by atoms with Crippen LogP contribution in [0, 0.1) is 0 Å². The van der Waals surface area contributed by atoms with E-state index in [9.17, 15) is 4.79 Å². The minimum absolute atomic E-state index is 0.00287. The highest BCUT2D eigenvalue weighted by Crippen LogP contribution is 2.23. The summed E-state index contributed by atoms with van der Waals surface area (Å²) >= 11 is 3.42. The maximum absolute atomic E-state index is 11.8. The van der Waals surface area contributed by atoms with Gasteiger partial charge in [0.15, 0.2) is 0 Å². The summed E-state index contributed by atoms with van der Waals surface area (Å²) in [5.74, 6) is 0.0638. The molecule has 1 aromatic carbocycles. The second-order valence-corrected chi connectivity index (χ2v) is 6.62. The molecule has 0 saturated carbocycles. The molecule has 5 nitrogen and oxygen atoms in total. The summed E-state index contributed by atoms with van der Waals surface area (Å²) in [6.45, 7) is 5.47. The van der Waals surface area contributed by atoms with Gasteiger partial charge in [-0.3, -0.25) is 4.79 Å². The maximum atomic E-state index is 11.8. The minimum Gasteiger partial charge on any atom is -0.459 e. The van der Waals surface area contributed by atoms with Crippen LogP contribution in [-0.4, -0.2) is 21.4 Å². The lowest BCUT2D eigenvalue weighted by Crippen LogP contribution is -2.27. The Morgan fingerprint density at radius 2 is 2.10 bits per heavy atom. The summed E-state index contributed by atoms with van der Waals surface area (Å²) in [5.41, 5.74) is 7.04. The highest BCUT2D eigenvalue weighted by Gasteiger charge is 2.18. The Kier molecular flexibility index (Phi) is 4.37. The quantitative estimate of drug-likeness (QED) is 0.861. The number of nitrogens with zero attached hydrogens (tertiary/aromatic N) is 2. The SMILES string of the molecule is CC(C)(C)OC(=O)Cn1nc(-c2cccc(Br)c2)cc1N. The Morgan fingerprint density at radius 3 is 2.71 bits per heavy atom. The van der Waals surface area contributed by atoms with Crippen LogP contribution in [-0.2, 0) is 16.1 Å². The molecule has 0 aliphatic rings. The van der Waals surface area contributed by atoms with Crippen molar-refractivity contribution in [2.75, 3.05) is 5.73 Å². The Bertz CT molecular complexity index is 659. The fraction of sp³-hybridized carbons (Fsp3) is 0.333. The first-order valence-electron chi connectivity index (χ1n) is 6.56. The third-order valence-corrected chi connectivity index (χ3v) is 3.12. The largest absolute Gasteiger partial charge is 0.459 e. The Morgan fingerprint density at radius 1 is 1.38 bits per heavy atom. The molecule has 0 fully saturated rings. The lowest BCUT2D eigenvalue weighted by atomic mass is 10.2. The van der Waals surface area contributed by atoms with Crippen molar-refractivity contribution in [1.82, 2.24) is 9.78 Å². The first-order valence-corrected chi connectivity index (χ1v) is 7.35. The van der Waals surface area contributed by atoms with Crippen LogP contribution >= 0.6 is 15.9 Å². The van der Waals surface area contributed by atoms with E-state index < -0.39 is 5.60 Å². The van der Waals surface area contributed by atoms with Crippen molar-refractivity contribution < 1.29 is 9.53 Å². The molecular weight excluding hydrogens is 334 g/mol. The van der Waals surface area contributed by atoms with E-state index in [1.807, 2.05) is 45.0 Å². The van der Waals surface area contributed by atoms with Gasteiger partial charge in [-0.05, 0) is 32.9 Å². The van der Waals surface area contributed by atoms with Gasteiger partial charge in [0.2, 0.25) is 0 Å². The summed E-state index contributed by atoms with van der Waals surface area (Å²) in [5, 5.41) is 4.36. The van der Waals surface area contributed by atoms with Gasteiger partial charge in [-0.1, -0.05) is 28.1 Å². The lowest BCUT2D eigenvalue weighted by Gasteiger charge is -2.19. The summed E-state index contributed by atoms with van der Waals surface area (Å²) < 4.78 is 7.68. The molecule has 0 spiro atoms. The van der Waals surface area contributed by atoms with Crippen LogP contribution in [0.4, 0.5) is 5.82 Å². The first-order chi connectivity index (χ1) is 9.74. The van der Waals surface area contributed by atoms with Crippen LogP contribution in [0.25, 0.3) is 11.3 Å². The van der Waals surface area contributed by atoms with Crippen molar-refractivity contribution in [2.24, 2.45) is 0 Å². The van der Waals surface area contributed by atoms with Gasteiger partial charge in [0.25, 0.3) is 0 Å². The zero-order valence-corrected chi connectivity index (χ0v) is 13.8. The van der Waals surface area contributed by atoms with Gasteiger partial charge < -0.3 is 10.5 Å². The molecular formula is C15H18BrN3O2. The predicted octanol–water partition coefficient (Wildman–Crippen LogP) is 3.24. The number of nitrogens with two attached hydrogens (primary N) is 1. The molecule has 2 N–H and O–H groups in total. The molecule has 0 aliphatic carbocycles. The fourth-order valence-electron chi connectivity index (χ4n) is 1.84. The summed E-state index contributed by atoms with van der Waals surface area (Å²) in [7, 11) is 0. The van der Waals surface area contributed by atoms with Crippen LogP contribution in [0.2, 0.25) is 0 Å². The van der Waals surface area contributed by atoms with Crippen molar-refractivity contribution >= 4 is 27.7 Å². The van der Waals surface area contributed by atoms with Gasteiger partial charge in [-0.25, -0.2) is 4.68 Å². The Labute approximate surface area is 132 Å². The van der Waals surface area contributed by atoms with Gasteiger partial charge in [0.1, 0.15) is 18.0 Å². The number of hydrogen-bond donors (Lipinski definition) is 1. The molecule has 2 rings (SSSR count). The number of rotatable bonds is 3. The molecule has 0 radical (unpaired) electrons. The average Bonchev–Trinajstić information content (AvgIpc) is 2.68. The van der Waals surface area contributed by atoms with E-state index in [4.69, 9.17) is 10.5 Å². The molecule has 0 saturated heterocycles. The standard InChI is InChI=1S/C15H18BrN3O2/c1-15(2,3)21-14(20)9-19-13(17)8-12(18-19)10-5-4-6-11(16)7-10/h4-8H,9,17H2,1-3H3. The average molecular weight is 352 g/mol. The van der Waals surface area contributed by atoms with Crippen LogP contribution in [0.3, 0.4) is 0 Å². The second-order valence-electron chi connectivity index (χ2n) is 5.71. The van der Waals surface area contributed by atoms with E-state index in [-0.39, 0.29) is 12.5 Å². The van der Waals surface area contributed by atoms with Crippen LogP contribution < -0.4 is 5.73 Å². The molecule has 21 heavy (non-hydrogen) atoms. The number of hydrogen-bond acceptors (Lipinski definition) is 4. The van der Waals surface area contributed by atoms with Crippen molar-refractivity contribution in [2.45, 2.75) is 32.9 Å². The third-order valence-electron chi connectivity index (χ3n) is 2.63. The number of carbonyl (C=O) groups is 1. The summed E-state index contributed by atoms with van der Waals surface area (Å²) in [6, 6.07) is 9.48. The zero-order valence-electron chi connectivity index (χ0n) is 12.3. The third kappa shape index (κ3) is 4.32. The molecule has 2 aromatic rings. The van der Waals surface area contributed by atoms with E-state index in [0.717, 1.165) is 15.7 Å². The molecule has 1 aromatic heterocycles. The van der Waals surface area contributed by atoms with Crippen molar-refractivity contribution in [3.8, 4) is 11.3 Å². The molecule has 6 heteroatoms. The first kappa shape index (κ1) is 15.6. The topological polar surface area (TPSA) is 70.1 Å². The van der Waals surface area contributed by atoms with Gasteiger partial charge >= 0.3 is 5.97 Å². The van der Waals surface area contributed by atoms with Crippen LogP contribution in [0.1, 0.15) is 20.8 Å². The van der Waals surface area contributed by atoms with E-state index in [1.165, 1.54) is 4.68 Å². The number of ether oxygens (including phenoxy) is 1. The number of carbonyl (C=O) groups excluding carboxylic acids is 1. The molecule has 112 valence electrons. The van der Waals surface area contributed by atoms with Crippen LogP contribution in [0.5, 0.6) is 0 Å². The molecule has 0 bridgehead atoms. The summed E-state index contributed by atoms with van der Waals surface area (Å²) in [6.07, 6.45) is 0.